The lowest BCUT2D eigenvalue weighted by molar-refractivity contribution is 0.0767. The number of hydrogen-bond donors (Lipinski definition) is 1. The summed E-state index contributed by atoms with van der Waals surface area (Å²) >= 11 is 0. The second-order valence-electron chi connectivity index (χ2n) is 6.61. The van der Waals surface area contributed by atoms with Gasteiger partial charge >= 0.3 is 0 Å². The summed E-state index contributed by atoms with van der Waals surface area (Å²) in [4.78, 5) is 20.4. The van der Waals surface area contributed by atoms with E-state index >= 15 is 0 Å². The molecule has 2 fully saturated rings. The van der Waals surface area contributed by atoms with Gasteiger partial charge in [-0.2, -0.15) is 0 Å². The first-order valence-electron chi connectivity index (χ1n) is 8.42. The van der Waals surface area contributed by atoms with Crippen molar-refractivity contribution < 1.29 is 14.3 Å². The fourth-order valence-electron chi connectivity index (χ4n) is 3.68. The van der Waals surface area contributed by atoms with Crippen LogP contribution in [-0.4, -0.2) is 65.1 Å². The second kappa shape index (κ2) is 7.36. The van der Waals surface area contributed by atoms with Crippen LogP contribution in [0.4, 0.5) is 4.39 Å². The van der Waals surface area contributed by atoms with Gasteiger partial charge in [0, 0.05) is 38.4 Å². The van der Waals surface area contributed by atoms with Crippen LogP contribution in [0.5, 0.6) is 0 Å². The number of likely N-dealkylation sites (tertiary alicyclic amines) is 2. The van der Waals surface area contributed by atoms with Crippen LogP contribution in [0.3, 0.4) is 0 Å². The number of piperidine rings is 1. The van der Waals surface area contributed by atoms with Crippen LogP contribution in [0.25, 0.3) is 0 Å². The summed E-state index contributed by atoms with van der Waals surface area (Å²) in [6, 6.07) is 2.73. The first-order chi connectivity index (χ1) is 11.2. The summed E-state index contributed by atoms with van der Waals surface area (Å²) in [5, 5.41) is 9.64. The van der Waals surface area contributed by atoms with E-state index < -0.39 is 5.82 Å². The Morgan fingerprint density at radius 1 is 1.26 bits per heavy atom. The van der Waals surface area contributed by atoms with E-state index in [1.54, 1.807) is 4.90 Å². The molecule has 0 saturated carbocycles. The number of rotatable bonds is 4. The number of aliphatic hydroxyl groups is 1. The van der Waals surface area contributed by atoms with Crippen LogP contribution >= 0.6 is 0 Å². The third-order valence-corrected chi connectivity index (χ3v) is 5.00. The number of pyridine rings is 1. The summed E-state index contributed by atoms with van der Waals surface area (Å²) in [7, 11) is 0. The van der Waals surface area contributed by atoms with Crippen molar-refractivity contribution in [2.45, 2.75) is 19.3 Å². The molecule has 0 unspecified atom stereocenters. The van der Waals surface area contributed by atoms with Gasteiger partial charge in [-0.1, -0.05) is 6.42 Å². The molecule has 0 spiro atoms. The molecule has 1 amide bonds. The van der Waals surface area contributed by atoms with Gasteiger partial charge in [0.15, 0.2) is 11.5 Å². The van der Waals surface area contributed by atoms with Crippen LogP contribution in [-0.2, 0) is 0 Å². The van der Waals surface area contributed by atoms with Crippen molar-refractivity contribution in [3.8, 4) is 0 Å². The van der Waals surface area contributed by atoms with Gasteiger partial charge in [0.2, 0.25) is 0 Å². The number of aliphatic hydroxyl groups excluding tert-OH is 1. The maximum Gasteiger partial charge on any atom is 0.275 e. The highest BCUT2D eigenvalue weighted by molar-refractivity contribution is 5.92. The average molecular weight is 321 g/mol. The molecule has 0 aromatic carbocycles. The Balaban J connectivity index is 1.66. The number of amides is 1. The largest absolute Gasteiger partial charge is 0.396 e. The first-order valence-corrected chi connectivity index (χ1v) is 8.42. The lowest BCUT2D eigenvalue weighted by atomic mass is 9.95. The molecule has 1 aromatic rings. The van der Waals surface area contributed by atoms with Crippen molar-refractivity contribution in [1.29, 1.82) is 0 Å². The smallest absolute Gasteiger partial charge is 0.275 e. The zero-order valence-electron chi connectivity index (χ0n) is 13.3. The van der Waals surface area contributed by atoms with Crippen LogP contribution in [0, 0.1) is 17.7 Å². The van der Waals surface area contributed by atoms with Crippen molar-refractivity contribution in [1.82, 2.24) is 14.8 Å². The van der Waals surface area contributed by atoms with E-state index in [1.165, 1.54) is 37.6 Å². The Hall–Kier alpha value is -1.53. The highest BCUT2D eigenvalue weighted by Gasteiger charge is 2.37. The van der Waals surface area contributed by atoms with Crippen molar-refractivity contribution in [2.75, 3.05) is 39.3 Å². The number of nitrogens with zero attached hydrogens (tertiary/aromatic N) is 3. The maximum atomic E-state index is 13.8. The summed E-state index contributed by atoms with van der Waals surface area (Å²) in [6.45, 7) is 4.20. The molecule has 0 bridgehead atoms. The lowest BCUT2D eigenvalue weighted by Gasteiger charge is -2.30. The zero-order chi connectivity index (χ0) is 16.2. The van der Waals surface area contributed by atoms with E-state index in [1.807, 2.05) is 0 Å². The predicted molar refractivity (Wildman–Crippen MR) is 84.5 cm³/mol. The Bertz CT molecular complexity index is 548. The molecule has 1 N–H and O–H groups in total. The number of carbonyl (C=O) groups is 1. The Morgan fingerprint density at radius 3 is 2.70 bits per heavy atom. The average Bonchev–Trinajstić information content (AvgIpc) is 2.98. The number of carbonyl (C=O) groups excluding carboxylic acids is 1. The summed E-state index contributed by atoms with van der Waals surface area (Å²) in [6.07, 6.45) is 5.16. The van der Waals surface area contributed by atoms with Crippen molar-refractivity contribution in [2.24, 2.45) is 11.8 Å². The number of aromatic nitrogens is 1. The third kappa shape index (κ3) is 3.70. The fraction of sp³-hybridized carbons (Fsp3) is 0.647. The number of halogens is 1. The number of hydrogen-bond acceptors (Lipinski definition) is 4. The van der Waals surface area contributed by atoms with Gasteiger partial charge in [-0.3, -0.25) is 4.79 Å². The van der Waals surface area contributed by atoms with Gasteiger partial charge in [-0.25, -0.2) is 9.37 Å². The first kappa shape index (κ1) is 16.3. The molecule has 0 radical (unpaired) electrons. The summed E-state index contributed by atoms with van der Waals surface area (Å²) < 4.78 is 13.8. The fourth-order valence-corrected chi connectivity index (χ4v) is 3.68. The highest BCUT2D eigenvalue weighted by Crippen LogP contribution is 2.26. The molecular weight excluding hydrogens is 297 g/mol. The van der Waals surface area contributed by atoms with Gasteiger partial charge in [-0.15, -0.1) is 0 Å². The van der Waals surface area contributed by atoms with Gasteiger partial charge in [-0.05, 0) is 44.0 Å². The SMILES string of the molecule is O=C(c1ncccc1F)N1C[C@@H](CO)[C@@H](CN2CCCCC2)C1. The van der Waals surface area contributed by atoms with Gasteiger partial charge in [0.25, 0.3) is 5.91 Å². The molecular formula is C17H24FN3O2. The Morgan fingerprint density at radius 2 is 2.00 bits per heavy atom. The quantitative estimate of drug-likeness (QED) is 0.910. The molecule has 1 aromatic heterocycles. The zero-order valence-corrected chi connectivity index (χ0v) is 13.3. The van der Waals surface area contributed by atoms with Crippen molar-refractivity contribution in [3.05, 3.63) is 29.8 Å². The third-order valence-electron chi connectivity index (χ3n) is 5.00. The van der Waals surface area contributed by atoms with Crippen LogP contribution in [0.15, 0.2) is 18.3 Å². The van der Waals surface area contributed by atoms with E-state index in [0.29, 0.717) is 13.1 Å². The molecule has 5 nitrogen and oxygen atoms in total. The van der Waals surface area contributed by atoms with Gasteiger partial charge in [0.1, 0.15) is 0 Å². The predicted octanol–water partition coefficient (Wildman–Crippen LogP) is 1.39. The van der Waals surface area contributed by atoms with Crippen molar-refractivity contribution >= 4 is 5.91 Å². The molecule has 2 atom stereocenters. The molecule has 23 heavy (non-hydrogen) atoms. The van der Waals surface area contributed by atoms with E-state index in [9.17, 15) is 14.3 Å². The monoisotopic (exact) mass is 321 g/mol. The van der Waals surface area contributed by atoms with E-state index in [-0.39, 0.29) is 30.0 Å². The maximum absolute atomic E-state index is 13.8. The molecule has 2 saturated heterocycles. The van der Waals surface area contributed by atoms with E-state index in [0.717, 1.165) is 19.6 Å². The normalized spacial score (nSPS) is 25.7. The molecule has 2 aliphatic rings. The minimum absolute atomic E-state index is 0.0625. The minimum Gasteiger partial charge on any atom is -0.396 e. The van der Waals surface area contributed by atoms with Crippen LogP contribution in [0.1, 0.15) is 29.8 Å². The Kier molecular flexibility index (Phi) is 5.23. The standard InChI is InChI=1S/C17H24FN3O2/c18-15-5-4-6-19-16(15)17(23)21-10-13(14(11-21)12-22)9-20-7-2-1-3-8-20/h4-6,13-14,22H,1-3,7-12H2/t13-,14-/m0/s1. The molecule has 0 aliphatic carbocycles. The molecule has 3 heterocycles. The van der Waals surface area contributed by atoms with Crippen molar-refractivity contribution in [3.63, 3.8) is 0 Å². The van der Waals surface area contributed by atoms with Crippen LogP contribution < -0.4 is 0 Å². The van der Waals surface area contributed by atoms with Crippen LogP contribution in [0.2, 0.25) is 0 Å². The summed E-state index contributed by atoms with van der Waals surface area (Å²) in [5.41, 5.74) is -0.122. The topological polar surface area (TPSA) is 56.7 Å². The molecule has 126 valence electrons. The lowest BCUT2D eigenvalue weighted by Crippen LogP contribution is -2.37. The molecule has 3 rings (SSSR count). The Labute approximate surface area is 136 Å². The molecule has 6 heteroatoms. The molecule has 2 aliphatic heterocycles. The van der Waals surface area contributed by atoms with E-state index in [2.05, 4.69) is 9.88 Å². The van der Waals surface area contributed by atoms with Gasteiger partial charge in [0.05, 0.1) is 0 Å². The van der Waals surface area contributed by atoms with E-state index in [4.69, 9.17) is 0 Å². The van der Waals surface area contributed by atoms with Gasteiger partial charge < -0.3 is 14.9 Å². The summed E-state index contributed by atoms with van der Waals surface area (Å²) in [5.74, 6) is -0.651. The minimum atomic E-state index is -0.586. The second-order valence-corrected chi connectivity index (χ2v) is 6.61. The highest BCUT2D eigenvalue weighted by atomic mass is 19.1.